The third kappa shape index (κ3) is 3.47. The molecule has 4 rings (SSSR count). The number of likely N-dealkylation sites (tertiary alicyclic amines) is 1. The molecule has 2 bridgehead atoms. The van der Waals surface area contributed by atoms with Crippen LogP contribution in [0, 0.1) is 17.8 Å². The van der Waals surface area contributed by atoms with Crippen LogP contribution >= 0.6 is 0 Å². The fourth-order valence-corrected chi connectivity index (χ4v) is 6.24. The Hall–Kier alpha value is -2.71. The summed E-state index contributed by atoms with van der Waals surface area (Å²) in [6.45, 7) is 8.11. The summed E-state index contributed by atoms with van der Waals surface area (Å²) in [5.74, 6) is -3.81. The number of fused-ring (bicyclic) bond motifs is 1. The largest absolute Gasteiger partial charge is 0.481 e. The third-order valence-electron chi connectivity index (χ3n) is 7.75. The van der Waals surface area contributed by atoms with Gasteiger partial charge in [-0.25, -0.2) is 0 Å². The maximum absolute atomic E-state index is 14.1. The normalized spacial score (nSPS) is 34.4. The fourth-order valence-electron chi connectivity index (χ4n) is 6.24. The van der Waals surface area contributed by atoms with Crippen LogP contribution in [0.25, 0.3) is 0 Å². The molecule has 178 valence electrons. The Balaban J connectivity index is 1.76. The first-order valence-corrected chi connectivity index (χ1v) is 11.5. The lowest BCUT2D eigenvalue weighted by Crippen LogP contribution is -2.56. The second kappa shape index (κ2) is 8.57. The summed E-state index contributed by atoms with van der Waals surface area (Å²) in [5, 5.41) is 19.5. The number of nitrogens with zero attached hydrogens (tertiary/aromatic N) is 2. The average molecular weight is 457 g/mol. The second-order valence-electron chi connectivity index (χ2n) is 9.64. The third-order valence-corrected chi connectivity index (χ3v) is 7.75. The molecule has 2 amide bonds. The van der Waals surface area contributed by atoms with Crippen molar-refractivity contribution < 1.29 is 29.3 Å². The smallest absolute Gasteiger partial charge is 0.310 e. The Bertz CT molecular complexity index is 951. The maximum Gasteiger partial charge on any atom is 0.310 e. The molecule has 1 spiro atoms. The van der Waals surface area contributed by atoms with Crippen LogP contribution in [0.5, 0.6) is 0 Å². The highest BCUT2D eigenvalue weighted by Crippen LogP contribution is 2.65. The van der Waals surface area contributed by atoms with E-state index < -0.39 is 35.0 Å². The maximum atomic E-state index is 14.1. The molecule has 2 N–H and O–H groups in total. The average Bonchev–Trinajstić information content (AvgIpc) is 3.29. The van der Waals surface area contributed by atoms with Gasteiger partial charge in [0.2, 0.25) is 11.8 Å². The van der Waals surface area contributed by atoms with E-state index in [-0.39, 0.29) is 37.4 Å². The minimum atomic E-state index is -1.20. The first-order valence-electron chi connectivity index (χ1n) is 11.5. The number of hydrogen-bond donors (Lipinski definition) is 2. The van der Waals surface area contributed by atoms with Gasteiger partial charge in [0.25, 0.3) is 0 Å². The summed E-state index contributed by atoms with van der Waals surface area (Å²) in [5.41, 5.74) is -1.28. The lowest BCUT2D eigenvalue weighted by molar-refractivity contribution is -0.158. The Kier molecular flexibility index (Phi) is 6.09. The second-order valence-corrected chi connectivity index (χ2v) is 9.64. The topological polar surface area (TPSA) is 107 Å². The van der Waals surface area contributed by atoms with Gasteiger partial charge < -0.3 is 24.7 Å². The molecule has 3 aliphatic rings. The molecular weight excluding hydrogens is 424 g/mol. The van der Waals surface area contributed by atoms with E-state index in [1.54, 1.807) is 17.9 Å². The zero-order chi connectivity index (χ0) is 24.0. The summed E-state index contributed by atoms with van der Waals surface area (Å²) in [6, 6.07) is 8.60. The van der Waals surface area contributed by atoms with Crippen molar-refractivity contribution in [3.8, 4) is 0 Å². The minimum absolute atomic E-state index is 0.127. The number of amides is 2. The molecule has 33 heavy (non-hydrogen) atoms. The van der Waals surface area contributed by atoms with Gasteiger partial charge >= 0.3 is 5.97 Å². The van der Waals surface area contributed by atoms with Crippen LogP contribution in [-0.4, -0.2) is 74.7 Å². The van der Waals surface area contributed by atoms with Crippen LogP contribution in [0.4, 0.5) is 0 Å². The van der Waals surface area contributed by atoms with E-state index in [4.69, 9.17) is 4.74 Å². The number of ether oxygens (including phenoxy) is 1. The van der Waals surface area contributed by atoms with Crippen molar-refractivity contribution in [3.05, 3.63) is 48.6 Å². The molecule has 8 heteroatoms. The van der Waals surface area contributed by atoms with E-state index in [9.17, 15) is 24.6 Å². The molecule has 0 radical (unpaired) electrons. The molecule has 3 heterocycles. The lowest BCUT2D eigenvalue weighted by atomic mass is 9.62. The van der Waals surface area contributed by atoms with Gasteiger partial charge in [0.05, 0.1) is 11.5 Å². The van der Waals surface area contributed by atoms with Gasteiger partial charge in [-0.3, -0.25) is 14.4 Å². The number of aliphatic hydroxyl groups is 1. The SMILES string of the molecule is C=CCN(Cc1ccccc1)C(=O)C1N(CCCO)C(=O)[C@@H]2[C@H](C(=O)O)[C@@]3(C)OC12CC3C. The summed E-state index contributed by atoms with van der Waals surface area (Å²) >= 11 is 0. The molecule has 1 aromatic carbocycles. The monoisotopic (exact) mass is 456 g/mol. The van der Waals surface area contributed by atoms with Crippen molar-refractivity contribution >= 4 is 17.8 Å². The van der Waals surface area contributed by atoms with Crippen LogP contribution < -0.4 is 0 Å². The Morgan fingerprint density at radius 3 is 2.64 bits per heavy atom. The standard InChI is InChI=1S/C25H32N2O6/c1-4-11-26(15-17-9-6-5-7-10-17)22(30)20-25-14-16(2)24(3,33-25)19(23(31)32)18(25)21(29)27(20)12-8-13-28/h4-7,9-10,16,18-20,28H,1,8,11-15H2,2-3H3,(H,31,32)/t16?,18-,19+,20?,24-,25?/m0/s1. The summed E-state index contributed by atoms with van der Waals surface area (Å²) in [6.07, 6.45) is 2.37. The van der Waals surface area contributed by atoms with Crippen LogP contribution in [0.15, 0.2) is 43.0 Å². The van der Waals surface area contributed by atoms with Crippen LogP contribution in [0.1, 0.15) is 32.3 Å². The molecule has 8 nitrogen and oxygen atoms in total. The molecule has 0 saturated carbocycles. The number of carbonyl (C=O) groups is 3. The Labute approximate surface area is 193 Å². The summed E-state index contributed by atoms with van der Waals surface area (Å²) < 4.78 is 6.47. The van der Waals surface area contributed by atoms with E-state index >= 15 is 0 Å². The van der Waals surface area contributed by atoms with Crippen LogP contribution in [0.2, 0.25) is 0 Å². The van der Waals surface area contributed by atoms with Gasteiger partial charge in [-0.05, 0) is 31.2 Å². The van der Waals surface area contributed by atoms with Crippen LogP contribution in [0.3, 0.4) is 0 Å². The number of aliphatic hydroxyl groups excluding tert-OH is 1. The quantitative estimate of drug-likeness (QED) is 0.548. The number of carboxylic acid groups (broad SMARTS) is 1. The lowest BCUT2D eigenvalue weighted by Gasteiger charge is -2.37. The van der Waals surface area contributed by atoms with Crippen molar-refractivity contribution in [2.75, 3.05) is 19.7 Å². The molecule has 3 unspecified atom stereocenters. The molecule has 3 saturated heterocycles. The highest BCUT2D eigenvalue weighted by molar-refractivity contribution is 5.98. The number of carboxylic acids is 1. The predicted molar refractivity (Wildman–Crippen MR) is 120 cm³/mol. The Morgan fingerprint density at radius 1 is 1.33 bits per heavy atom. The van der Waals surface area contributed by atoms with E-state index in [1.165, 1.54) is 4.90 Å². The van der Waals surface area contributed by atoms with Crippen molar-refractivity contribution in [2.45, 2.75) is 50.5 Å². The zero-order valence-electron chi connectivity index (χ0n) is 19.1. The Morgan fingerprint density at radius 2 is 2.03 bits per heavy atom. The molecule has 3 aliphatic heterocycles. The molecular formula is C25H32N2O6. The van der Waals surface area contributed by atoms with Gasteiger partial charge in [0, 0.05) is 26.2 Å². The number of carbonyl (C=O) groups excluding carboxylic acids is 2. The van der Waals surface area contributed by atoms with Crippen molar-refractivity contribution in [3.63, 3.8) is 0 Å². The van der Waals surface area contributed by atoms with Gasteiger partial charge in [-0.1, -0.05) is 43.3 Å². The molecule has 3 fully saturated rings. The molecule has 1 aromatic rings. The highest BCUT2D eigenvalue weighted by Gasteiger charge is 2.80. The zero-order valence-corrected chi connectivity index (χ0v) is 19.1. The van der Waals surface area contributed by atoms with Gasteiger partial charge in [-0.2, -0.15) is 0 Å². The highest BCUT2D eigenvalue weighted by atomic mass is 16.5. The van der Waals surface area contributed by atoms with Gasteiger partial charge in [0.1, 0.15) is 17.6 Å². The summed E-state index contributed by atoms with van der Waals surface area (Å²) in [7, 11) is 0. The van der Waals surface area contributed by atoms with Gasteiger partial charge in [0.15, 0.2) is 0 Å². The first-order chi connectivity index (χ1) is 15.7. The molecule has 0 aliphatic carbocycles. The van der Waals surface area contributed by atoms with E-state index in [0.717, 1.165) is 5.56 Å². The van der Waals surface area contributed by atoms with Crippen molar-refractivity contribution in [2.24, 2.45) is 17.8 Å². The molecule has 0 aromatic heterocycles. The van der Waals surface area contributed by atoms with E-state index in [0.29, 0.717) is 19.4 Å². The van der Waals surface area contributed by atoms with E-state index in [1.807, 2.05) is 37.3 Å². The number of hydrogen-bond acceptors (Lipinski definition) is 5. The van der Waals surface area contributed by atoms with Crippen molar-refractivity contribution in [1.82, 2.24) is 9.80 Å². The van der Waals surface area contributed by atoms with Crippen LogP contribution in [-0.2, 0) is 25.7 Å². The number of rotatable bonds is 9. The number of aliphatic carboxylic acids is 1. The predicted octanol–water partition coefficient (Wildman–Crippen LogP) is 1.68. The summed E-state index contributed by atoms with van der Waals surface area (Å²) in [4.78, 5) is 43.1. The minimum Gasteiger partial charge on any atom is -0.481 e. The number of benzene rings is 1. The first kappa shape index (κ1) is 23.4. The van der Waals surface area contributed by atoms with Crippen molar-refractivity contribution in [1.29, 1.82) is 0 Å². The van der Waals surface area contributed by atoms with Gasteiger partial charge in [-0.15, -0.1) is 6.58 Å². The van der Waals surface area contributed by atoms with E-state index in [2.05, 4.69) is 6.58 Å². The fraction of sp³-hybridized carbons (Fsp3) is 0.560. The molecule has 6 atom stereocenters.